The Balaban J connectivity index is 1.38. The molecular weight excluding hydrogens is 464 g/mol. The van der Waals surface area contributed by atoms with Gasteiger partial charge in [-0.3, -0.25) is 24.8 Å². The maximum absolute atomic E-state index is 12.2. The molecule has 6 rings (SSSR count). The van der Waals surface area contributed by atoms with Crippen molar-refractivity contribution in [1.29, 1.82) is 0 Å². The van der Waals surface area contributed by atoms with Crippen molar-refractivity contribution in [2.24, 2.45) is 0 Å². The smallest absolute Gasteiger partial charge is 0.238 e. The lowest BCUT2D eigenvalue weighted by Gasteiger charge is -2.11. The van der Waals surface area contributed by atoms with Crippen LogP contribution in [0.3, 0.4) is 0 Å². The highest BCUT2D eigenvalue weighted by molar-refractivity contribution is 6.01. The maximum atomic E-state index is 12.2. The summed E-state index contributed by atoms with van der Waals surface area (Å²) in [6.07, 6.45) is 10.7. The number of pyridine rings is 3. The van der Waals surface area contributed by atoms with Crippen molar-refractivity contribution in [2.75, 3.05) is 26.0 Å². The number of likely N-dealkylation sites (N-methyl/N-ethyl adjacent to an activating group) is 1. The van der Waals surface area contributed by atoms with Crippen LogP contribution in [-0.2, 0) is 4.79 Å². The molecular formula is C28H24N8O. The first-order valence-corrected chi connectivity index (χ1v) is 11.8. The van der Waals surface area contributed by atoms with E-state index in [2.05, 4.69) is 47.6 Å². The van der Waals surface area contributed by atoms with Crippen LogP contribution in [0.1, 0.15) is 0 Å². The van der Waals surface area contributed by atoms with Crippen LogP contribution in [0.5, 0.6) is 0 Å². The molecule has 0 bridgehead atoms. The summed E-state index contributed by atoms with van der Waals surface area (Å²) in [4.78, 5) is 30.5. The molecule has 1 aromatic carbocycles. The molecule has 5 aromatic heterocycles. The van der Waals surface area contributed by atoms with Crippen molar-refractivity contribution in [1.82, 2.24) is 35.0 Å². The Morgan fingerprint density at radius 2 is 1.73 bits per heavy atom. The van der Waals surface area contributed by atoms with Crippen LogP contribution in [-0.4, -0.2) is 61.6 Å². The third-order valence-corrected chi connectivity index (χ3v) is 6.15. The molecule has 6 aromatic rings. The minimum absolute atomic E-state index is 0.0875. The fourth-order valence-electron chi connectivity index (χ4n) is 4.48. The van der Waals surface area contributed by atoms with Crippen molar-refractivity contribution in [3.8, 4) is 33.6 Å². The number of hydrogen-bond acceptors (Lipinski definition) is 6. The first kappa shape index (κ1) is 22.6. The quantitative estimate of drug-likeness (QED) is 0.312. The molecule has 0 unspecified atom stereocenters. The van der Waals surface area contributed by atoms with Gasteiger partial charge in [-0.05, 0) is 50.0 Å². The lowest BCUT2D eigenvalue weighted by atomic mass is 10.0. The van der Waals surface area contributed by atoms with Crippen molar-refractivity contribution in [2.45, 2.75) is 0 Å². The predicted octanol–water partition coefficient (Wildman–Crippen LogP) is 4.73. The van der Waals surface area contributed by atoms with Gasteiger partial charge in [0.1, 0.15) is 5.69 Å². The van der Waals surface area contributed by atoms with Gasteiger partial charge in [-0.1, -0.05) is 12.1 Å². The van der Waals surface area contributed by atoms with Gasteiger partial charge in [0.15, 0.2) is 0 Å². The maximum Gasteiger partial charge on any atom is 0.238 e. The summed E-state index contributed by atoms with van der Waals surface area (Å²) < 4.78 is 0. The van der Waals surface area contributed by atoms with Crippen LogP contribution in [0.25, 0.3) is 55.4 Å². The standard InChI is InChI=1S/C28H24N8O/c1-36(2)16-27(37)32-20-8-19(12-30-13-20)17-5-6-24-22(9-17)28(35-34-24)25-10-21-23(14-31-15-26(21)33-25)18-4-3-7-29-11-18/h3-15,33H,16H2,1-2H3,(H,32,37)(H,34,35). The second-order valence-electron chi connectivity index (χ2n) is 9.15. The van der Waals surface area contributed by atoms with Crippen LogP contribution >= 0.6 is 0 Å². The van der Waals surface area contributed by atoms with Gasteiger partial charge in [0.2, 0.25) is 5.91 Å². The van der Waals surface area contributed by atoms with Crippen molar-refractivity contribution < 1.29 is 4.79 Å². The molecule has 37 heavy (non-hydrogen) atoms. The normalized spacial score (nSPS) is 11.4. The number of amides is 1. The summed E-state index contributed by atoms with van der Waals surface area (Å²) in [7, 11) is 3.71. The number of benzene rings is 1. The summed E-state index contributed by atoms with van der Waals surface area (Å²) in [5.74, 6) is -0.0875. The fourth-order valence-corrected chi connectivity index (χ4v) is 4.48. The Morgan fingerprint density at radius 3 is 2.57 bits per heavy atom. The molecule has 0 saturated carbocycles. The zero-order valence-electron chi connectivity index (χ0n) is 20.4. The number of fused-ring (bicyclic) bond motifs is 2. The zero-order valence-corrected chi connectivity index (χ0v) is 20.4. The number of anilines is 1. The molecule has 9 nitrogen and oxygen atoms in total. The van der Waals surface area contributed by atoms with E-state index in [0.717, 1.165) is 55.4 Å². The Bertz CT molecular complexity index is 1740. The van der Waals surface area contributed by atoms with Gasteiger partial charge in [0.05, 0.1) is 41.4 Å². The second-order valence-corrected chi connectivity index (χ2v) is 9.15. The van der Waals surface area contributed by atoms with Gasteiger partial charge in [0.25, 0.3) is 0 Å². The van der Waals surface area contributed by atoms with Crippen LogP contribution in [0, 0.1) is 0 Å². The van der Waals surface area contributed by atoms with E-state index in [1.807, 2.05) is 67.9 Å². The lowest BCUT2D eigenvalue weighted by Crippen LogP contribution is -2.27. The van der Waals surface area contributed by atoms with Crippen molar-refractivity contribution in [3.63, 3.8) is 0 Å². The minimum atomic E-state index is -0.0875. The van der Waals surface area contributed by atoms with E-state index in [1.54, 1.807) is 18.6 Å². The van der Waals surface area contributed by atoms with Crippen molar-refractivity contribution >= 4 is 33.4 Å². The summed E-state index contributed by atoms with van der Waals surface area (Å²) in [5.41, 5.74) is 8.09. The van der Waals surface area contributed by atoms with Gasteiger partial charge < -0.3 is 15.2 Å². The molecule has 0 aliphatic heterocycles. The highest BCUT2D eigenvalue weighted by Crippen LogP contribution is 2.34. The lowest BCUT2D eigenvalue weighted by molar-refractivity contribution is -0.116. The highest BCUT2D eigenvalue weighted by Gasteiger charge is 2.15. The van der Waals surface area contributed by atoms with Gasteiger partial charge >= 0.3 is 0 Å². The van der Waals surface area contributed by atoms with E-state index in [-0.39, 0.29) is 5.91 Å². The molecule has 0 fully saturated rings. The average Bonchev–Trinajstić information content (AvgIpc) is 3.52. The molecule has 0 radical (unpaired) electrons. The van der Waals surface area contributed by atoms with Crippen LogP contribution in [0.4, 0.5) is 5.69 Å². The third-order valence-electron chi connectivity index (χ3n) is 6.15. The number of aromatic nitrogens is 6. The molecule has 1 amide bonds. The number of H-pyrrole nitrogens is 2. The largest absolute Gasteiger partial charge is 0.352 e. The van der Waals surface area contributed by atoms with Gasteiger partial charge in [-0.25, -0.2) is 0 Å². The summed E-state index contributed by atoms with van der Waals surface area (Å²) in [6.45, 7) is 0.303. The molecule has 0 saturated heterocycles. The number of hydrogen-bond donors (Lipinski definition) is 3. The van der Waals surface area contributed by atoms with E-state index in [0.29, 0.717) is 12.2 Å². The Hall–Kier alpha value is -4.89. The molecule has 182 valence electrons. The fraction of sp³-hybridized carbons (Fsp3) is 0.107. The van der Waals surface area contributed by atoms with E-state index in [1.165, 1.54) is 0 Å². The number of carbonyl (C=O) groups is 1. The molecule has 5 heterocycles. The SMILES string of the molecule is CN(C)CC(=O)Nc1cncc(-c2ccc3[nH]nc(-c4cc5c(-c6cccnc6)cncc5[nH]4)c3c2)c1. The number of carbonyl (C=O) groups excluding carboxylic acids is 1. The van der Waals surface area contributed by atoms with Crippen molar-refractivity contribution in [3.05, 3.63) is 79.6 Å². The first-order valence-electron chi connectivity index (χ1n) is 11.8. The Morgan fingerprint density at radius 1 is 0.865 bits per heavy atom. The molecule has 9 heteroatoms. The molecule has 3 N–H and O–H groups in total. The average molecular weight is 489 g/mol. The molecule has 0 aliphatic carbocycles. The number of nitrogens with one attached hydrogen (secondary N) is 3. The molecule has 0 atom stereocenters. The number of rotatable bonds is 6. The third kappa shape index (κ3) is 4.43. The monoisotopic (exact) mass is 488 g/mol. The van der Waals surface area contributed by atoms with E-state index in [4.69, 9.17) is 0 Å². The predicted molar refractivity (Wildman–Crippen MR) is 145 cm³/mol. The van der Waals surface area contributed by atoms with Gasteiger partial charge in [0, 0.05) is 52.3 Å². The second kappa shape index (κ2) is 9.29. The zero-order chi connectivity index (χ0) is 25.4. The van der Waals surface area contributed by atoms with Crippen LogP contribution < -0.4 is 5.32 Å². The minimum Gasteiger partial charge on any atom is -0.352 e. The summed E-state index contributed by atoms with van der Waals surface area (Å²) in [5, 5.41) is 12.7. The molecule has 0 spiro atoms. The Labute approximate surface area is 212 Å². The van der Waals surface area contributed by atoms with E-state index in [9.17, 15) is 4.79 Å². The number of nitrogens with zero attached hydrogens (tertiary/aromatic N) is 5. The van der Waals surface area contributed by atoms with Crippen LogP contribution in [0.2, 0.25) is 0 Å². The summed E-state index contributed by atoms with van der Waals surface area (Å²) in [6, 6.07) is 14.1. The summed E-state index contributed by atoms with van der Waals surface area (Å²) >= 11 is 0. The number of aromatic amines is 2. The van der Waals surface area contributed by atoms with Gasteiger partial charge in [-0.2, -0.15) is 5.10 Å². The van der Waals surface area contributed by atoms with Gasteiger partial charge in [-0.15, -0.1) is 0 Å². The van der Waals surface area contributed by atoms with Crippen LogP contribution in [0.15, 0.2) is 79.6 Å². The first-order chi connectivity index (χ1) is 18.0. The highest BCUT2D eigenvalue weighted by atomic mass is 16.2. The topological polar surface area (TPSA) is 115 Å². The molecule has 0 aliphatic rings. The van der Waals surface area contributed by atoms with E-state index < -0.39 is 0 Å². The van der Waals surface area contributed by atoms with E-state index >= 15 is 0 Å². The Kier molecular flexibility index (Phi) is 5.66.